The molecule has 3 aromatic rings. The van der Waals surface area contributed by atoms with Crippen LogP contribution in [0.1, 0.15) is 5.56 Å². The van der Waals surface area contributed by atoms with Gasteiger partial charge in [0.15, 0.2) is 0 Å². The van der Waals surface area contributed by atoms with Crippen LogP contribution in [0.2, 0.25) is 0 Å². The van der Waals surface area contributed by atoms with Crippen LogP contribution in [0, 0.1) is 5.82 Å². The number of rotatable bonds is 4. The van der Waals surface area contributed by atoms with Gasteiger partial charge in [0, 0.05) is 10.0 Å². The first kappa shape index (κ1) is 15.4. The Hall–Kier alpha value is -1.50. The van der Waals surface area contributed by atoms with Crippen molar-refractivity contribution in [2.75, 3.05) is 0 Å². The summed E-state index contributed by atoms with van der Waals surface area (Å²) in [5.41, 5.74) is 0.774. The number of benzene rings is 3. The molecule has 0 nitrogen and oxygen atoms in total. The molecule has 0 saturated heterocycles. The van der Waals surface area contributed by atoms with Crippen LogP contribution in [0.4, 0.5) is 4.39 Å². The van der Waals surface area contributed by atoms with Crippen LogP contribution in [0.25, 0.3) is 0 Å². The van der Waals surface area contributed by atoms with Gasteiger partial charge in [-0.25, -0.2) is 4.39 Å². The summed E-state index contributed by atoms with van der Waals surface area (Å²) >= 11 is 3.44. The Morgan fingerprint density at radius 3 is 1.86 bits per heavy atom. The van der Waals surface area contributed by atoms with Gasteiger partial charge in [-0.1, -0.05) is 52.3 Å². The second-order valence-corrected chi connectivity index (χ2v) is 8.50. The third-order valence-corrected chi connectivity index (χ3v) is 6.91. The lowest BCUT2D eigenvalue weighted by molar-refractivity contribution is 0.617. The predicted molar refractivity (Wildman–Crippen MR) is 98.3 cm³/mol. The van der Waals surface area contributed by atoms with Gasteiger partial charge in [-0.2, -0.15) is 0 Å². The molecular formula is C19H16BrFP+. The number of halogens is 2. The highest BCUT2D eigenvalue weighted by atomic mass is 79.9. The molecule has 3 rings (SSSR count). The molecule has 0 N–H and O–H groups in total. The molecule has 0 aliphatic rings. The number of hydrogen-bond acceptors (Lipinski definition) is 0. The molecule has 0 heterocycles. The molecule has 0 atom stereocenters. The van der Waals surface area contributed by atoms with E-state index < -0.39 is 7.92 Å². The molecule has 0 aliphatic heterocycles. The largest absolute Gasteiger partial charge is 0.207 e. The van der Waals surface area contributed by atoms with Gasteiger partial charge < -0.3 is 0 Å². The lowest BCUT2D eigenvalue weighted by atomic mass is 10.2. The van der Waals surface area contributed by atoms with Gasteiger partial charge in [-0.3, -0.25) is 0 Å². The van der Waals surface area contributed by atoms with Crippen LogP contribution in [0.15, 0.2) is 83.3 Å². The zero-order valence-corrected chi connectivity index (χ0v) is 14.6. The van der Waals surface area contributed by atoms with Crippen molar-refractivity contribution >= 4 is 34.5 Å². The van der Waals surface area contributed by atoms with E-state index >= 15 is 0 Å². The zero-order valence-electron chi connectivity index (χ0n) is 12.0. The van der Waals surface area contributed by atoms with E-state index in [1.807, 2.05) is 18.2 Å². The van der Waals surface area contributed by atoms with Gasteiger partial charge in [0.1, 0.15) is 5.82 Å². The maximum absolute atomic E-state index is 14.2. The highest BCUT2D eigenvalue weighted by molar-refractivity contribution is 9.10. The van der Waals surface area contributed by atoms with Gasteiger partial charge in [0.25, 0.3) is 0 Å². The maximum atomic E-state index is 14.2. The van der Waals surface area contributed by atoms with Crippen LogP contribution in [-0.4, -0.2) is 0 Å². The Labute approximate surface area is 139 Å². The Kier molecular flexibility index (Phi) is 5.02. The van der Waals surface area contributed by atoms with Crippen LogP contribution in [0.3, 0.4) is 0 Å². The van der Waals surface area contributed by atoms with Gasteiger partial charge in [-0.15, -0.1) is 0 Å². The van der Waals surface area contributed by atoms with Crippen molar-refractivity contribution in [3.05, 3.63) is 94.7 Å². The fourth-order valence-electron chi connectivity index (χ4n) is 2.52. The average Bonchev–Trinajstić information content (AvgIpc) is 2.57. The maximum Gasteiger partial charge on any atom is 0.130 e. The minimum absolute atomic E-state index is 0.127. The van der Waals surface area contributed by atoms with E-state index in [9.17, 15) is 4.39 Å². The highest BCUT2D eigenvalue weighted by Gasteiger charge is 2.24. The summed E-state index contributed by atoms with van der Waals surface area (Å²) in [5.74, 6) is -0.127. The molecule has 0 bridgehead atoms. The lowest BCUT2D eigenvalue weighted by Gasteiger charge is -2.11. The van der Waals surface area contributed by atoms with Crippen molar-refractivity contribution in [1.82, 2.24) is 0 Å². The first-order chi connectivity index (χ1) is 10.7. The standard InChI is InChI=1S/C19H15BrFP/c20-16-11-12-19(21)15(13-16)14-22(17-7-3-1-4-8-17)18-9-5-2-6-10-18/h1-13H,14H2/p+1. The molecule has 3 heteroatoms. The molecule has 0 amide bonds. The highest BCUT2D eigenvalue weighted by Crippen LogP contribution is 2.38. The van der Waals surface area contributed by atoms with Crippen molar-refractivity contribution in [3.63, 3.8) is 0 Å². The Bertz CT molecular complexity index is 704. The van der Waals surface area contributed by atoms with E-state index in [0.29, 0.717) is 0 Å². The van der Waals surface area contributed by atoms with Crippen molar-refractivity contribution in [3.8, 4) is 0 Å². The summed E-state index contributed by atoms with van der Waals surface area (Å²) in [5, 5.41) is 2.61. The van der Waals surface area contributed by atoms with Gasteiger partial charge in [-0.05, 0) is 42.5 Å². The summed E-state index contributed by atoms with van der Waals surface area (Å²) in [7, 11) is -1.05. The molecule has 0 aromatic heterocycles. The fourth-order valence-corrected chi connectivity index (χ4v) is 5.51. The second-order valence-electron chi connectivity index (χ2n) is 5.12. The molecule has 0 fully saturated rings. The monoisotopic (exact) mass is 373 g/mol. The van der Waals surface area contributed by atoms with Crippen LogP contribution >= 0.6 is 23.9 Å². The molecule has 110 valence electrons. The summed E-state index contributed by atoms with van der Waals surface area (Å²) in [4.78, 5) is 0. The topological polar surface area (TPSA) is 0 Å². The summed E-state index contributed by atoms with van der Waals surface area (Å²) in [6.45, 7) is 0. The van der Waals surface area contributed by atoms with Crippen molar-refractivity contribution in [1.29, 1.82) is 0 Å². The van der Waals surface area contributed by atoms with E-state index in [-0.39, 0.29) is 5.82 Å². The molecular weight excluding hydrogens is 358 g/mol. The van der Waals surface area contributed by atoms with Gasteiger partial charge in [0.2, 0.25) is 0 Å². The number of hydrogen-bond donors (Lipinski definition) is 0. The van der Waals surface area contributed by atoms with Crippen molar-refractivity contribution in [2.24, 2.45) is 0 Å². The molecule has 0 aliphatic carbocycles. The lowest BCUT2D eigenvalue weighted by Crippen LogP contribution is -2.13. The molecule has 3 aromatic carbocycles. The third-order valence-electron chi connectivity index (χ3n) is 3.62. The smallest absolute Gasteiger partial charge is 0.130 e. The second kappa shape index (κ2) is 7.17. The summed E-state index contributed by atoms with van der Waals surface area (Å²) in [6.07, 6.45) is 0.740. The van der Waals surface area contributed by atoms with Crippen molar-refractivity contribution < 1.29 is 4.39 Å². The molecule has 0 radical (unpaired) electrons. The fraction of sp³-hybridized carbons (Fsp3) is 0.0526. The summed E-state index contributed by atoms with van der Waals surface area (Å²) in [6, 6.07) is 26.0. The quantitative estimate of drug-likeness (QED) is 0.567. The summed E-state index contributed by atoms with van der Waals surface area (Å²) < 4.78 is 15.1. The zero-order chi connectivity index (χ0) is 15.4. The molecule has 0 spiro atoms. The van der Waals surface area contributed by atoms with E-state index in [0.717, 1.165) is 16.2 Å². The van der Waals surface area contributed by atoms with E-state index in [1.54, 1.807) is 6.07 Å². The normalized spacial score (nSPS) is 10.9. The van der Waals surface area contributed by atoms with Gasteiger partial charge in [0.05, 0.1) is 24.7 Å². The Morgan fingerprint density at radius 1 is 0.773 bits per heavy atom. The van der Waals surface area contributed by atoms with Crippen LogP contribution in [0.5, 0.6) is 0 Å². The van der Waals surface area contributed by atoms with Crippen molar-refractivity contribution in [2.45, 2.75) is 6.16 Å². The third kappa shape index (κ3) is 3.63. The SMILES string of the molecule is Fc1ccc(Br)cc1C[PH+](c1ccccc1)c1ccccc1. The minimum atomic E-state index is -1.05. The van der Waals surface area contributed by atoms with Crippen LogP contribution in [-0.2, 0) is 6.16 Å². The molecule has 22 heavy (non-hydrogen) atoms. The molecule has 0 saturated carbocycles. The van der Waals surface area contributed by atoms with E-state index in [1.165, 1.54) is 16.7 Å². The van der Waals surface area contributed by atoms with E-state index in [4.69, 9.17) is 0 Å². The average molecular weight is 374 g/mol. The van der Waals surface area contributed by atoms with Crippen LogP contribution < -0.4 is 10.6 Å². The molecule has 0 unspecified atom stereocenters. The predicted octanol–water partition coefficient (Wildman–Crippen LogP) is 4.95. The Morgan fingerprint density at radius 2 is 1.32 bits per heavy atom. The first-order valence-electron chi connectivity index (χ1n) is 7.14. The van der Waals surface area contributed by atoms with Gasteiger partial charge >= 0.3 is 0 Å². The Balaban J connectivity index is 2.01. The first-order valence-corrected chi connectivity index (χ1v) is 9.64. The minimum Gasteiger partial charge on any atom is -0.207 e. The van der Waals surface area contributed by atoms with E-state index in [2.05, 4.69) is 64.5 Å².